The molecule has 1 aliphatic heterocycles. The molecule has 0 aromatic carbocycles. The highest BCUT2D eigenvalue weighted by atomic mass is 32.2. The Bertz CT molecular complexity index is 197. The average Bonchev–Trinajstić information content (AvgIpc) is 2.27. The predicted molar refractivity (Wildman–Crippen MR) is 38.6 cm³/mol. The van der Waals surface area contributed by atoms with Crippen LogP contribution in [0.4, 0.5) is 0 Å². The highest BCUT2D eigenvalue weighted by Gasteiger charge is 2.47. The SMILES string of the molecule is CCC1(CC)OS(=O)OC1=O. The molecular formula is C6H10O4S. The monoisotopic (exact) mass is 178 g/mol. The topological polar surface area (TPSA) is 52.6 Å². The molecule has 1 aliphatic rings. The van der Waals surface area contributed by atoms with E-state index in [1.165, 1.54) is 0 Å². The second kappa shape index (κ2) is 2.91. The van der Waals surface area contributed by atoms with Crippen molar-refractivity contribution in [3.05, 3.63) is 0 Å². The van der Waals surface area contributed by atoms with Crippen molar-refractivity contribution >= 4 is 17.3 Å². The second-order valence-corrected chi connectivity index (χ2v) is 3.10. The fourth-order valence-corrected chi connectivity index (χ4v) is 1.85. The first-order chi connectivity index (χ1) is 5.14. The van der Waals surface area contributed by atoms with E-state index in [1.54, 1.807) is 13.8 Å². The summed E-state index contributed by atoms with van der Waals surface area (Å²) in [6.45, 7) is 3.60. The average molecular weight is 178 g/mol. The minimum absolute atomic E-state index is 0.494. The number of hydrogen-bond donors (Lipinski definition) is 0. The van der Waals surface area contributed by atoms with Gasteiger partial charge in [0.15, 0.2) is 5.60 Å². The van der Waals surface area contributed by atoms with E-state index >= 15 is 0 Å². The number of carbonyl (C=O) groups is 1. The summed E-state index contributed by atoms with van der Waals surface area (Å²) in [5.74, 6) is -0.513. The summed E-state index contributed by atoms with van der Waals surface area (Å²) in [6, 6.07) is 0. The van der Waals surface area contributed by atoms with Crippen molar-refractivity contribution in [2.45, 2.75) is 32.3 Å². The van der Waals surface area contributed by atoms with Crippen molar-refractivity contribution in [2.75, 3.05) is 0 Å². The third kappa shape index (κ3) is 1.30. The van der Waals surface area contributed by atoms with Crippen LogP contribution in [0.3, 0.4) is 0 Å². The summed E-state index contributed by atoms with van der Waals surface area (Å²) in [5, 5.41) is 0. The molecule has 0 saturated carbocycles. The van der Waals surface area contributed by atoms with Crippen LogP contribution in [0.15, 0.2) is 0 Å². The van der Waals surface area contributed by atoms with Crippen LogP contribution in [0.5, 0.6) is 0 Å². The van der Waals surface area contributed by atoms with Crippen molar-refractivity contribution in [1.29, 1.82) is 0 Å². The van der Waals surface area contributed by atoms with Gasteiger partial charge in [0.2, 0.25) is 0 Å². The van der Waals surface area contributed by atoms with Gasteiger partial charge in [-0.15, -0.1) is 0 Å². The summed E-state index contributed by atoms with van der Waals surface area (Å²) in [7, 11) is 0. The van der Waals surface area contributed by atoms with E-state index in [-0.39, 0.29) is 0 Å². The highest BCUT2D eigenvalue weighted by Crippen LogP contribution is 2.29. The zero-order valence-corrected chi connectivity index (χ0v) is 7.27. The molecule has 11 heavy (non-hydrogen) atoms. The van der Waals surface area contributed by atoms with Gasteiger partial charge in [0.05, 0.1) is 0 Å². The normalized spacial score (nSPS) is 28.5. The molecule has 0 spiro atoms. The van der Waals surface area contributed by atoms with Crippen LogP contribution in [0.2, 0.25) is 0 Å². The van der Waals surface area contributed by atoms with Crippen LogP contribution in [-0.4, -0.2) is 15.8 Å². The maximum atomic E-state index is 11.0. The summed E-state index contributed by atoms with van der Waals surface area (Å²) in [4.78, 5) is 11.0. The molecular weight excluding hydrogens is 168 g/mol. The fourth-order valence-electron chi connectivity index (χ4n) is 0.976. The quantitative estimate of drug-likeness (QED) is 0.624. The summed E-state index contributed by atoms with van der Waals surface area (Å²) in [5.41, 5.74) is -0.954. The number of rotatable bonds is 2. The molecule has 0 radical (unpaired) electrons. The second-order valence-electron chi connectivity index (χ2n) is 2.36. The molecule has 1 fully saturated rings. The third-order valence-corrected chi connectivity index (χ3v) is 2.63. The Hall–Kier alpha value is -0.420. The Kier molecular flexibility index (Phi) is 2.29. The molecule has 0 N–H and O–H groups in total. The molecule has 0 amide bonds. The summed E-state index contributed by atoms with van der Waals surface area (Å²) < 4.78 is 19.9. The molecule has 0 aromatic heterocycles. The molecule has 0 bridgehead atoms. The van der Waals surface area contributed by atoms with Crippen molar-refractivity contribution < 1.29 is 17.4 Å². The Balaban J connectivity index is 2.84. The van der Waals surface area contributed by atoms with Gasteiger partial charge in [0.25, 0.3) is 0 Å². The Morgan fingerprint density at radius 3 is 2.18 bits per heavy atom. The van der Waals surface area contributed by atoms with Crippen LogP contribution in [0.25, 0.3) is 0 Å². The largest absolute Gasteiger partial charge is 0.364 e. The van der Waals surface area contributed by atoms with Crippen LogP contribution >= 0.6 is 0 Å². The first-order valence-electron chi connectivity index (χ1n) is 3.48. The van der Waals surface area contributed by atoms with Gasteiger partial charge in [-0.2, -0.15) is 4.21 Å². The molecule has 1 atom stereocenters. The van der Waals surface area contributed by atoms with E-state index in [0.29, 0.717) is 12.8 Å². The van der Waals surface area contributed by atoms with Crippen molar-refractivity contribution in [1.82, 2.24) is 0 Å². The minimum atomic E-state index is -1.87. The van der Waals surface area contributed by atoms with Crippen molar-refractivity contribution in [3.63, 3.8) is 0 Å². The minimum Gasteiger partial charge on any atom is -0.340 e. The Morgan fingerprint density at radius 1 is 1.45 bits per heavy atom. The molecule has 0 aliphatic carbocycles. The van der Waals surface area contributed by atoms with E-state index in [4.69, 9.17) is 4.18 Å². The lowest BCUT2D eigenvalue weighted by Gasteiger charge is -2.16. The van der Waals surface area contributed by atoms with E-state index in [1.807, 2.05) is 0 Å². The molecule has 5 heteroatoms. The molecule has 0 aromatic rings. The maximum Gasteiger partial charge on any atom is 0.364 e. The molecule has 1 heterocycles. The third-order valence-electron chi connectivity index (χ3n) is 1.89. The van der Waals surface area contributed by atoms with Crippen LogP contribution in [0, 0.1) is 0 Å². The van der Waals surface area contributed by atoms with E-state index < -0.39 is 22.9 Å². The molecule has 64 valence electrons. The smallest absolute Gasteiger partial charge is 0.340 e. The lowest BCUT2D eigenvalue weighted by molar-refractivity contribution is -0.143. The lowest BCUT2D eigenvalue weighted by atomic mass is 9.98. The van der Waals surface area contributed by atoms with Gasteiger partial charge in [-0.05, 0) is 12.8 Å². The van der Waals surface area contributed by atoms with E-state index in [2.05, 4.69) is 4.18 Å². The first kappa shape index (κ1) is 8.67. The standard InChI is InChI=1S/C6H10O4S/c1-3-6(4-2)5(7)9-11(8)10-6/h3-4H2,1-2H3. The highest BCUT2D eigenvalue weighted by molar-refractivity contribution is 7.76. The summed E-state index contributed by atoms with van der Waals surface area (Å²) >= 11 is -1.87. The fraction of sp³-hybridized carbons (Fsp3) is 0.833. The summed E-state index contributed by atoms with van der Waals surface area (Å²) in [6.07, 6.45) is 0.988. The predicted octanol–water partition coefficient (Wildman–Crippen LogP) is 0.697. The van der Waals surface area contributed by atoms with Gasteiger partial charge in [-0.1, -0.05) is 13.8 Å². The van der Waals surface area contributed by atoms with Gasteiger partial charge < -0.3 is 4.18 Å². The van der Waals surface area contributed by atoms with Crippen molar-refractivity contribution in [2.24, 2.45) is 0 Å². The van der Waals surface area contributed by atoms with Gasteiger partial charge in [0, 0.05) is 0 Å². The van der Waals surface area contributed by atoms with E-state index in [0.717, 1.165) is 0 Å². The molecule has 1 rings (SSSR count). The number of carbonyl (C=O) groups excluding carboxylic acids is 1. The maximum absolute atomic E-state index is 11.0. The van der Waals surface area contributed by atoms with E-state index in [9.17, 15) is 9.00 Å². The van der Waals surface area contributed by atoms with Gasteiger partial charge >= 0.3 is 17.3 Å². The molecule has 4 nitrogen and oxygen atoms in total. The van der Waals surface area contributed by atoms with Crippen LogP contribution in [0.1, 0.15) is 26.7 Å². The van der Waals surface area contributed by atoms with Gasteiger partial charge in [-0.25, -0.2) is 8.98 Å². The van der Waals surface area contributed by atoms with Gasteiger partial charge in [0.1, 0.15) is 0 Å². The zero-order chi connectivity index (χ0) is 8.48. The first-order valence-corrected chi connectivity index (χ1v) is 4.48. The van der Waals surface area contributed by atoms with Crippen molar-refractivity contribution in [3.8, 4) is 0 Å². The van der Waals surface area contributed by atoms with Crippen LogP contribution in [-0.2, 0) is 24.5 Å². The molecule has 1 unspecified atom stereocenters. The number of hydrogen-bond acceptors (Lipinski definition) is 4. The van der Waals surface area contributed by atoms with Gasteiger partial charge in [-0.3, -0.25) is 0 Å². The Labute approximate surface area is 67.7 Å². The zero-order valence-electron chi connectivity index (χ0n) is 6.46. The Morgan fingerprint density at radius 2 is 2.00 bits per heavy atom. The van der Waals surface area contributed by atoms with Crippen LogP contribution < -0.4 is 0 Å². The molecule has 1 saturated heterocycles. The lowest BCUT2D eigenvalue weighted by Crippen LogP contribution is -2.34.